The molecule has 0 aliphatic carbocycles. The number of unbranched alkanes of at least 4 members (excludes halogenated alkanes) is 5. The minimum Gasteiger partial charge on any atom is -0.495 e. The third kappa shape index (κ3) is 6.94. The number of rotatable bonds is 12. The molecule has 0 spiro atoms. The second-order valence-electron chi connectivity index (χ2n) is 5.65. The Morgan fingerprint density at radius 1 is 1.10 bits per heavy atom. The number of nitrogens with zero attached hydrogens (tertiary/aromatic N) is 1. The van der Waals surface area contributed by atoms with Crippen LogP contribution in [0.1, 0.15) is 76.9 Å². The van der Waals surface area contributed by atoms with E-state index in [1.807, 2.05) is 18.3 Å². The molecule has 0 fully saturated rings. The molecular formula is C18H32N2O. The van der Waals surface area contributed by atoms with Crippen molar-refractivity contribution in [3.63, 3.8) is 0 Å². The molecule has 1 atom stereocenters. The van der Waals surface area contributed by atoms with Crippen LogP contribution in [0, 0.1) is 0 Å². The van der Waals surface area contributed by atoms with Crippen molar-refractivity contribution < 1.29 is 4.74 Å². The van der Waals surface area contributed by atoms with Gasteiger partial charge in [0.2, 0.25) is 0 Å². The molecule has 0 amide bonds. The fourth-order valence-corrected chi connectivity index (χ4v) is 2.62. The molecule has 3 nitrogen and oxygen atoms in total. The van der Waals surface area contributed by atoms with Gasteiger partial charge in [-0.2, -0.15) is 0 Å². The Hall–Kier alpha value is -1.09. The Labute approximate surface area is 130 Å². The molecule has 1 N–H and O–H groups in total. The normalized spacial score (nSPS) is 12.3. The van der Waals surface area contributed by atoms with Crippen molar-refractivity contribution in [2.24, 2.45) is 0 Å². The van der Waals surface area contributed by atoms with Gasteiger partial charge in [-0.05, 0) is 31.5 Å². The first-order chi connectivity index (χ1) is 10.3. The average molecular weight is 292 g/mol. The highest BCUT2D eigenvalue weighted by atomic mass is 16.5. The lowest BCUT2D eigenvalue weighted by Gasteiger charge is -2.20. The number of aromatic nitrogens is 1. The molecule has 1 rings (SSSR count). The monoisotopic (exact) mass is 292 g/mol. The van der Waals surface area contributed by atoms with E-state index in [1.165, 1.54) is 38.5 Å². The van der Waals surface area contributed by atoms with E-state index < -0.39 is 0 Å². The van der Waals surface area contributed by atoms with Gasteiger partial charge in [0.1, 0.15) is 5.75 Å². The van der Waals surface area contributed by atoms with E-state index in [0.29, 0.717) is 6.04 Å². The molecule has 0 aliphatic rings. The van der Waals surface area contributed by atoms with Crippen LogP contribution in [0.3, 0.4) is 0 Å². The molecule has 3 heteroatoms. The summed E-state index contributed by atoms with van der Waals surface area (Å²) in [7, 11) is 1.72. The Morgan fingerprint density at radius 3 is 2.57 bits per heavy atom. The zero-order valence-corrected chi connectivity index (χ0v) is 14.0. The van der Waals surface area contributed by atoms with Gasteiger partial charge in [-0.25, -0.2) is 0 Å². The summed E-state index contributed by atoms with van der Waals surface area (Å²) in [5.41, 5.74) is 1.06. The van der Waals surface area contributed by atoms with Crippen LogP contribution in [-0.4, -0.2) is 18.6 Å². The van der Waals surface area contributed by atoms with Crippen LogP contribution in [0.25, 0.3) is 0 Å². The molecule has 1 unspecified atom stereocenters. The van der Waals surface area contributed by atoms with Crippen molar-refractivity contribution >= 4 is 0 Å². The molecule has 21 heavy (non-hydrogen) atoms. The van der Waals surface area contributed by atoms with Gasteiger partial charge in [-0.3, -0.25) is 4.98 Å². The van der Waals surface area contributed by atoms with E-state index in [0.717, 1.165) is 30.8 Å². The van der Waals surface area contributed by atoms with Gasteiger partial charge in [0.15, 0.2) is 0 Å². The van der Waals surface area contributed by atoms with E-state index in [-0.39, 0.29) is 0 Å². The molecule has 0 aliphatic heterocycles. The number of hydrogen-bond acceptors (Lipinski definition) is 3. The van der Waals surface area contributed by atoms with Crippen molar-refractivity contribution in [3.8, 4) is 5.75 Å². The summed E-state index contributed by atoms with van der Waals surface area (Å²) in [5, 5.41) is 3.62. The van der Waals surface area contributed by atoms with Gasteiger partial charge in [0.05, 0.1) is 18.8 Å². The van der Waals surface area contributed by atoms with Gasteiger partial charge in [-0.1, -0.05) is 52.4 Å². The van der Waals surface area contributed by atoms with Crippen LogP contribution in [0.4, 0.5) is 0 Å². The summed E-state index contributed by atoms with van der Waals surface area (Å²) < 4.78 is 5.46. The highest BCUT2D eigenvalue weighted by Gasteiger charge is 2.16. The van der Waals surface area contributed by atoms with Crippen LogP contribution in [0.15, 0.2) is 18.3 Å². The highest BCUT2D eigenvalue weighted by Crippen LogP contribution is 2.26. The molecule has 0 saturated heterocycles. The van der Waals surface area contributed by atoms with Crippen molar-refractivity contribution in [1.29, 1.82) is 0 Å². The number of pyridine rings is 1. The summed E-state index contributed by atoms with van der Waals surface area (Å²) in [6, 6.07) is 4.25. The van der Waals surface area contributed by atoms with Crippen molar-refractivity contribution in [2.75, 3.05) is 13.7 Å². The van der Waals surface area contributed by atoms with Gasteiger partial charge in [0, 0.05) is 6.20 Å². The predicted molar refractivity (Wildman–Crippen MR) is 89.8 cm³/mol. The summed E-state index contributed by atoms with van der Waals surface area (Å²) in [6.07, 6.45) is 12.1. The van der Waals surface area contributed by atoms with Gasteiger partial charge in [0.25, 0.3) is 0 Å². The Kier molecular flexibility index (Phi) is 9.88. The van der Waals surface area contributed by atoms with Crippen molar-refractivity contribution in [3.05, 3.63) is 24.0 Å². The topological polar surface area (TPSA) is 34.2 Å². The van der Waals surface area contributed by atoms with E-state index in [9.17, 15) is 0 Å². The van der Waals surface area contributed by atoms with Crippen LogP contribution >= 0.6 is 0 Å². The molecule has 1 aromatic rings. The number of methoxy groups -OCH3 is 1. The molecule has 1 aromatic heterocycles. The van der Waals surface area contributed by atoms with E-state index in [4.69, 9.17) is 4.74 Å². The maximum Gasteiger partial charge on any atom is 0.141 e. The van der Waals surface area contributed by atoms with Crippen molar-refractivity contribution in [1.82, 2.24) is 10.3 Å². The Morgan fingerprint density at radius 2 is 1.86 bits per heavy atom. The Bertz CT molecular complexity index is 368. The largest absolute Gasteiger partial charge is 0.495 e. The molecule has 120 valence electrons. The SMILES string of the molecule is CCCCCCCCC(NCCC)c1ncccc1OC. The summed E-state index contributed by atoms with van der Waals surface area (Å²) in [5.74, 6) is 0.900. The fourth-order valence-electron chi connectivity index (χ4n) is 2.62. The molecule has 0 aromatic carbocycles. The number of nitrogens with one attached hydrogen (secondary N) is 1. The zero-order chi connectivity index (χ0) is 15.3. The van der Waals surface area contributed by atoms with Gasteiger partial charge < -0.3 is 10.1 Å². The first-order valence-corrected chi connectivity index (χ1v) is 8.55. The third-order valence-corrected chi connectivity index (χ3v) is 3.84. The number of ether oxygens (including phenoxy) is 1. The first kappa shape index (κ1) is 18.0. The molecular weight excluding hydrogens is 260 g/mol. The smallest absolute Gasteiger partial charge is 0.141 e. The highest BCUT2D eigenvalue weighted by molar-refractivity contribution is 5.29. The molecule has 1 heterocycles. The second-order valence-corrected chi connectivity index (χ2v) is 5.65. The molecule has 0 bridgehead atoms. The minimum absolute atomic E-state index is 0.312. The predicted octanol–water partition coefficient (Wildman–Crippen LogP) is 4.88. The Balaban J connectivity index is 2.51. The van der Waals surface area contributed by atoms with E-state index in [2.05, 4.69) is 24.1 Å². The van der Waals surface area contributed by atoms with Crippen LogP contribution < -0.4 is 10.1 Å². The van der Waals surface area contributed by atoms with Crippen molar-refractivity contribution in [2.45, 2.75) is 71.3 Å². The quantitative estimate of drug-likeness (QED) is 0.557. The van der Waals surface area contributed by atoms with Gasteiger partial charge in [-0.15, -0.1) is 0 Å². The summed E-state index contributed by atoms with van der Waals surface area (Å²) in [6.45, 7) is 5.49. The first-order valence-electron chi connectivity index (χ1n) is 8.55. The number of hydrogen-bond donors (Lipinski definition) is 1. The van der Waals surface area contributed by atoms with Crippen LogP contribution in [-0.2, 0) is 0 Å². The molecule has 0 saturated carbocycles. The summed E-state index contributed by atoms with van der Waals surface area (Å²) >= 11 is 0. The van der Waals surface area contributed by atoms with E-state index >= 15 is 0 Å². The fraction of sp³-hybridized carbons (Fsp3) is 0.722. The third-order valence-electron chi connectivity index (χ3n) is 3.84. The lowest BCUT2D eigenvalue weighted by Crippen LogP contribution is -2.23. The van der Waals surface area contributed by atoms with Crippen LogP contribution in [0.2, 0.25) is 0 Å². The zero-order valence-electron chi connectivity index (χ0n) is 14.0. The lowest BCUT2D eigenvalue weighted by atomic mass is 10.0. The average Bonchev–Trinajstić information content (AvgIpc) is 2.53. The standard InChI is InChI=1S/C18H32N2O/c1-4-6-7-8-9-10-12-16(19-14-5-2)18-17(21-3)13-11-15-20-18/h11,13,15-16,19H,4-10,12,14H2,1-3H3. The van der Waals surface area contributed by atoms with Gasteiger partial charge >= 0.3 is 0 Å². The lowest BCUT2D eigenvalue weighted by molar-refractivity contribution is 0.385. The molecule has 0 radical (unpaired) electrons. The maximum atomic E-state index is 5.46. The summed E-state index contributed by atoms with van der Waals surface area (Å²) in [4.78, 5) is 4.54. The maximum absolute atomic E-state index is 5.46. The minimum atomic E-state index is 0.312. The van der Waals surface area contributed by atoms with Crippen LogP contribution in [0.5, 0.6) is 5.75 Å². The second kappa shape index (κ2) is 11.6. The van der Waals surface area contributed by atoms with E-state index in [1.54, 1.807) is 7.11 Å².